The minimum Gasteiger partial charge on any atom is -0.497 e. The topological polar surface area (TPSA) is 92.8 Å². The molecular weight excluding hydrogens is 318 g/mol. The van der Waals surface area contributed by atoms with Crippen molar-refractivity contribution in [2.24, 2.45) is 0 Å². The lowest BCUT2D eigenvalue weighted by Gasteiger charge is -2.13. The minimum absolute atomic E-state index is 0.0392. The predicted octanol–water partition coefficient (Wildman–Crippen LogP) is 3.01. The van der Waals surface area contributed by atoms with Gasteiger partial charge in [0.05, 0.1) is 7.11 Å². The first-order chi connectivity index (χ1) is 12.2. The van der Waals surface area contributed by atoms with Gasteiger partial charge >= 0.3 is 0 Å². The van der Waals surface area contributed by atoms with E-state index < -0.39 is 0 Å². The zero-order chi connectivity index (χ0) is 17.6. The molecule has 2 aromatic carbocycles. The fraction of sp³-hybridized carbons (Fsp3) is 0.222. The molecule has 1 unspecified atom stereocenters. The van der Waals surface area contributed by atoms with Crippen molar-refractivity contribution >= 4 is 11.6 Å². The molecule has 0 aliphatic rings. The van der Waals surface area contributed by atoms with E-state index in [9.17, 15) is 4.79 Å². The fourth-order valence-corrected chi connectivity index (χ4v) is 2.54. The number of aromatic nitrogens is 4. The number of benzene rings is 2. The van der Waals surface area contributed by atoms with Gasteiger partial charge in [-0.3, -0.25) is 4.79 Å². The standard InChI is InChI=1S/C18H19N5O2/c1-12(14-4-3-5-16(11-14)25-2)10-17(24)19-15-8-6-13(7-9-15)18-20-22-23-21-18/h3-9,11-12H,10H2,1-2H3,(H,19,24)(H,20,21,22,23). The third-order valence-electron chi connectivity index (χ3n) is 3.93. The first-order valence-electron chi connectivity index (χ1n) is 7.93. The molecule has 0 spiro atoms. The maximum absolute atomic E-state index is 12.3. The van der Waals surface area contributed by atoms with Gasteiger partial charge in [-0.2, -0.15) is 5.21 Å². The number of hydrogen-bond donors (Lipinski definition) is 2. The summed E-state index contributed by atoms with van der Waals surface area (Å²) in [5, 5.41) is 16.7. The van der Waals surface area contributed by atoms with Gasteiger partial charge in [0.15, 0.2) is 0 Å². The number of carbonyl (C=O) groups excluding carboxylic acids is 1. The molecule has 1 aromatic heterocycles. The van der Waals surface area contributed by atoms with Crippen LogP contribution in [-0.4, -0.2) is 33.6 Å². The summed E-state index contributed by atoms with van der Waals surface area (Å²) in [6, 6.07) is 15.1. The number of nitrogens with one attached hydrogen (secondary N) is 2. The van der Waals surface area contributed by atoms with Crippen LogP contribution in [-0.2, 0) is 4.79 Å². The smallest absolute Gasteiger partial charge is 0.224 e. The van der Waals surface area contributed by atoms with Crippen LogP contribution in [0, 0.1) is 0 Å². The second kappa shape index (κ2) is 7.57. The molecule has 1 heterocycles. The van der Waals surface area contributed by atoms with Crippen molar-refractivity contribution in [2.75, 3.05) is 12.4 Å². The van der Waals surface area contributed by atoms with Crippen molar-refractivity contribution < 1.29 is 9.53 Å². The first kappa shape index (κ1) is 16.6. The highest BCUT2D eigenvalue weighted by molar-refractivity contribution is 5.91. The molecule has 1 amide bonds. The Morgan fingerprint density at radius 3 is 2.72 bits per heavy atom. The number of amides is 1. The van der Waals surface area contributed by atoms with Crippen LogP contribution in [0.15, 0.2) is 48.5 Å². The van der Waals surface area contributed by atoms with Gasteiger partial charge in [-0.25, -0.2) is 0 Å². The van der Waals surface area contributed by atoms with E-state index in [-0.39, 0.29) is 11.8 Å². The third-order valence-corrected chi connectivity index (χ3v) is 3.93. The summed E-state index contributed by atoms with van der Waals surface area (Å²) >= 11 is 0. The molecule has 0 saturated carbocycles. The van der Waals surface area contributed by atoms with Crippen molar-refractivity contribution in [2.45, 2.75) is 19.3 Å². The molecule has 2 N–H and O–H groups in total. The van der Waals surface area contributed by atoms with E-state index in [1.165, 1.54) is 0 Å². The quantitative estimate of drug-likeness (QED) is 0.721. The van der Waals surface area contributed by atoms with Crippen LogP contribution in [0.25, 0.3) is 11.4 Å². The molecule has 3 aromatic rings. The molecule has 0 radical (unpaired) electrons. The summed E-state index contributed by atoms with van der Waals surface area (Å²) in [6.07, 6.45) is 0.389. The van der Waals surface area contributed by atoms with E-state index in [1.54, 1.807) is 7.11 Å². The monoisotopic (exact) mass is 337 g/mol. The highest BCUT2D eigenvalue weighted by Gasteiger charge is 2.12. The molecule has 7 nitrogen and oxygen atoms in total. The number of tetrazole rings is 1. The molecule has 0 bridgehead atoms. The normalized spacial score (nSPS) is 11.8. The number of H-pyrrole nitrogens is 1. The number of nitrogens with zero attached hydrogens (tertiary/aromatic N) is 3. The van der Waals surface area contributed by atoms with Crippen molar-refractivity contribution in [1.82, 2.24) is 20.6 Å². The highest BCUT2D eigenvalue weighted by Crippen LogP contribution is 2.24. The fourth-order valence-electron chi connectivity index (χ4n) is 2.54. The summed E-state index contributed by atoms with van der Waals surface area (Å²) in [4.78, 5) is 12.3. The van der Waals surface area contributed by atoms with Gasteiger partial charge in [-0.1, -0.05) is 19.1 Å². The Bertz CT molecular complexity index is 831. The maximum Gasteiger partial charge on any atom is 0.224 e. The molecule has 0 aliphatic carbocycles. The first-order valence-corrected chi connectivity index (χ1v) is 7.93. The largest absolute Gasteiger partial charge is 0.497 e. The predicted molar refractivity (Wildman–Crippen MR) is 94.3 cm³/mol. The molecule has 25 heavy (non-hydrogen) atoms. The summed E-state index contributed by atoms with van der Waals surface area (Å²) < 4.78 is 5.23. The minimum atomic E-state index is -0.0392. The Labute approximate surface area is 145 Å². The number of anilines is 1. The number of ether oxygens (including phenoxy) is 1. The van der Waals surface area contributed by atoms with E-state index in [0.29, 0.717) is 12.2 Å². The van der Waals surface area contributed by atoms with Crippen LogP contribution in [0.1, 0.15) is 24.8 Å². The number of methoxy groups -OCH3 is 1. The van der Waals surface area contributed by atoms with E-state index >= 15 is 0 Å². The van der Waals surface area contributed by atoms with E-state index in [2.05, 4.69) is 25.9 Å². The lowest BCUT2D eigenvalue weighted by Crippen LogP contribution is -2.14. The third kappa shape index (κ3) is 4.20. The van der Waals surface area contributed by atoms with Gasteiger partial charge < -0.3 is 10.1 Å². The Balaban J connectivity index is 1.60. The van der Waals surface area contributed by atoms with E-state index in [4.69, 9.17) is 4.74 Å². The number of rotatable bonds is 6. The maximum atomic E-state index is 12.3. The SMILES string of the molecule is COc1cccc(C(C)CC(=O)Nc2ccc(-c3nn[nH]n3)cc2)c1. The average molecular weight is 337 g/mol. The Morgan fingerprint density at radius 2 is 2.04 bits per heavy atom. The van der Waals surface area contributed by atoms with Crippen LogP contribution < -0.4 is 10.1 Å². The van der Waals surface area contributed by atoms with E-state index in [0.717, 1.165) is 22.6 Å². The average Bonchev–Trinajstić information content (AvgIpc) is 3.17. The van der Waals surface area contributed by atoms with Gasteiger partial charge in [-0.05, 0) is 53.1 Å². The van der Waals surface area contributed by atoms with Gasteiger partial charge in [0.1, 0.15) is 5.75 Å². The zero-order valence-corrected chi connectivity index (χ0v) is 14.1. The Morgan fingerprint density at radius 1 is 1.24 bits per heavy atom. The lowest BCUT2D eigenvalue weighted by molar-refractivity contribution is -0.116. The van der Waals surface area contributed by atoms with Gasteiger partial charge in [0.2, 0.25) is 11.7 Å². The lowest BCUT2D eigenvalue weighted by atomic mass is 9.97. The van der Waals surface area contributed by atoms with Crippen LogP contribution in [0.5, 0.6) is 5.75 Å². The second-order valence-corrected chi connectivity index (χ2v) is 5.74. The van der Waals surface area contributed by atoms with E-state index in [1.807, 2.05) is 55.5 Å². The second-order valence-electron chi connectivity index (χ2n) is 5.74. The van der Waals surface area contributed by atoms with Gasteiger partial charge in [0, 0.05) is 17.7 Å². The molecule has 3 rings (SSSR count). The van der Waals surface area contributed by atoms with Crippen molar-refractivity contribution in [1.29, 1.82) is 0 Å². The molecule has 0 saturated heterocycles. The molecule has 7 heteroatoms. The summed E-state index contributed by atoms with van der Waals surface area (Å²) in [5.74, 6) is 1.36. The van der Waals surface area contributed by atoms with Crippen molar-refractivity contribution in [3.63, 3.8) is 0 Å². The molecular formula is C18H19N5O2. The number of aromatic amines is 1. The number of hydrogen-bond acceptors (Lipinski definition) is 5. The summed E-state index contributed by atoms with van der Waals surface area (Å²) in [6.45, 7) is 2.02. The zero-order valence-electron chi connectivity index (χ0n) is 14.1. The molecule has 0 fully saturated rings. The van der Waals surface area contributed by atoms with Crippen molar-refractivity contribution in [3.05, 3.63) is 54.1 Å². The Hall–Kier alpha value is -3.22. The summed E-state index contributed by atoms with van der Waals surface area (Å²) in [7, 11) is 1.63. The van der Waals surface area contributed by atoms with Crippen LogP contribution in [0.3, 0.4) is 0 Å². The van der Waals surface area contributed by atoms with Gasteiger partial charge in [0.25, 0.3) is 0 Å². The van der Waals surface area contributed by atoms with Crippen LogP contribution >= 0.6 is 0 Å². The van der Waals surface area contributed by atoms with Crippen LogP contribution in [0.4, 0.5) is 5.69 Å². The molecule has 0 aliphatic heterocycles. The Kier molecular flexibility index (Phi) is 5.03. The number of carbonyl (C=O) groups is 1. The molecule has 1 atom stereocenters. The molecule has 128 valence electrons. The van der Waals surface area contributed by atoms with Crippen molar-refractivity contribution in [3.8, 4) is 17.1 Å². The van der Waals surface area contributed by atoms with Gasteiger partial charge in [-0.15, -0.1) is 10.2 Å². The summed E-state index contributed by atoms with van der Waals surface area (Å²) in [5.41, 5.74) is 2.63. The highest BCUT2D eigenvalue weighted by atomic mass is 16.5. The van der Waals surface area contributed by atoms with Crippen LogP contribution in [0.2, 0.25) is 0 Å².